The summed E-state index contributed by atoms with van der Waals surface area (Å²) >= 11 is 0. The molecule has 4 nitrogen and oxygen atoms in total. The first-order chi connectivity index (χ1) is 9.65. The molecule has 0 radical (unpaired) electrons. The molecule has 20 heavy (non-hydrogen) atoms. The lowest BCUT2D eigenvalue weighted by molar-refractivity contribution is -0.123. The molecule has 2 rings (SSSR count). The minimum atomic E-state index is 0.292. The van der Waals surface area contributed by atoms with Crippen molar-refractivity contribution in [3.8, 4) is 0 Å². The first-order valence-corrected chi connectivity index (χ1v) is 8.25. The zero-order valence-electron chi connectivity index (χ0n) is 13.1. The molecular weight excluding hydrogens is 252 g/mol. The largest absolute Gasteiger partial charge is 0.380 e. The molecule has 116 valence electrons. The average molecular weight is 282 g/mol. The molecule has 0 spiro atoms. The highest BCUT2D eigenvalue weighted by Gasteiger charge is 2.31. The van der Waals surface area contributed by atoms with Crippen LogP contribution in [0.1, 0.15) is 46.0 Å². The second kappa shape index (κ2) is 7.99. The van der Waals surface area contributed by atoms with E-state index in [0.29, 0.717) is 17.9 Å². The van der Waals surface area contributed by atoms with Crippen LogP contribution < -0.4 is 5.32 Å². The van der Waals surface area contributed by atoms with Gasteiger partial charge in [0.05, 0.1) is 6.61 Å². The van der Waals surface area contributed by atoms with E-state index in [-0.39, 0.29) is 0 Å². The van der Waals surface area contributed by atoms with Crippen molar-refractivity contribution in [3.63, 3.8) is 0 Å². The van der Waals surface area contributed by atoms with Crippen LogP contribution in [0, 0.1) is 11.8 Å². The standard InChI is InChI=1S/C16H30N2O2/c1-13(2)7-11-20-12-10-18-8-5-15(6-9-18)17-16(19)14-3-4-14/h13-15H,3-12H2,1-2H3,(H,17,19). The van der Waals surface area contributed by atoms with Gasteiger partial charge < -0.3 is 15.0 Å². The second-order valence-electron chi connectivity index (χ2n) is 6.69. The van der Waals surface area contributed by atoms with Crippen LogP contribution in [0.25, 0.3) is 0 Å². The fraction of sp³-hybridized carbons (Fsp3) is 0.938. The maximum Gasteiger partial charge on any atom is 0.223 e. The number of rotatable bonds is 8. The van der Waals surface area contributed by atoms with E-state index in [1.807, 2.05) is 0 Å². The van der Waals surface area contributed by atoms with E-state index in [4.69, 9.17) is 4.74 Å². The maximum absolute atomic E-state index is 11.7. The minimum absolute atomic E-state index is 0.292. The third kappa shape index (κ3) is 5.80. The molecule has 1 heterocycles. The highest BCUT2D eigenvalue weighted by atomic mass is 16.5. The molecule has 0 unspecified atom stereocenters. The fourth-order valence-electron chi connectivity index (χ4n) is 2.58. The van der Waals surface area contributed by atoms with Crippen molar-refractivity contribution in [1.82, 2.24) is 10.2 Å². The molecule has 2 fully saturated rings. The number of nitrogens with one attached hydrogen (secondary N) is 1. The first kappa shape index (κ1) is 15.8. The Morgan fingerprint density at radius 1 is 1.20 bits per heavy atom. The highest BCUT2D eigenvalue weighted by molar-refractivity contribution is 5.81. The zero-order chi connectivity index (χ0) is 14.4. The van der Waals surface area contributed by atoms with Crippen LogP contribution in [-0.4, -0.2) is 49.7 Å². The molecule has 1 aliphatic carbocycles. The Hall–Kier alpha value is -0.610. The molecular formula is C16H30N2O2. The van der Waals surface area contributed by atoms with E-state index in [9.17, 15) is 4.79 Å². The number of carbonyl (C=O) groups excluding carboxylic acids is 1. The minimum Gasteiger partial charge on any atom is -0.380 e. The van der Waals surface area contributed by atoms with Crippen molar-refractivity contribution in [2.24, 2.45) is 11.8 Å². The second-order valence-corrected chi connectivity index (χ2v) is 6.69. The van der Waals surface area contributed by atoms with Crippen molar-refractivity contribution < 1.29 is 9.53 Å². The van der Waals surface area contributed by atoms with Gasteiger partial charge in [0.25, 0.3) is 0 Å². The van der Waals surface area contributed by atoms with E-state index >= 15 is 0 Å². The third-order valence-electron chi connectivity index (χ3n) is 4.27. The summed E-state index contributed by atoms with van der Waals surface area (Å²) < 4.78 is 5.67. The lowest BCUT2D eigenvalue weighted by Gasteiger charge is -2.32. The number of piperidine rings is 1. The van der Waals surface area contributed by atoms with Gasteiger partial charge in [-0.25, -0.2) is 0 Å². The van der Waals surface area contributed by atoms with Crippen molar-refractivity contribution >= 4 is 5.91 Å². The number of nitrogens with zero attached hydrogens (tertiary/aromatic N) is 1. The number of carbonyl (C=O) groups is 1. The van der Waals surface area contributed by atoms with E-state index < -0.39 is 0 Å². The average Bonchev–Trinajstić information content (AvgIpc) is 3.24. The molecule has 0 aromatic heterocycles. The van der Waals surface area contributed by atoms with Gasteiger partial charge in [-0.05, 0) is 38.0 Å². The predicted octanol–water partition coefficient (Wildman–Crippen LogP) is 2.04. The summed E-state index contributed by atoms with van der Waals surface area (Å²) in [5.41, 5.74) is 0. The number of hydrogen-bond acceptors (Lipinski definition) is 3. The highest BCUT2D eigenvalue weighted by Crippen LogP contribution is 2.29. The SMILES string of the molecule is CC(C)CCOCCN1CCC(NC(=O)C2CC2)CC1. The topological polar surface area (TPSA) is 41.6 Å². The van der Waals surface area contributed by atoms with Crippen LogP contribution in [0.5, 0.6) is 0 Å². The Labute approximate surface area is 123 Å². The van der Waals surface area contributed by atoms with E-state index in [0.717, 1.165) is 70.9 Å². The van der Waals surface area contributed by atoms with Gasteiger partial charge in [-0.2, -0.15) is 0 Å². The summed E-state index contributed by atoms with van der Waals surface area (Å²) in [7, 11) is 0. The Balaban J connectivity index is 1.49. The number of likely N-dealkylation sites (tertiary alicyclic amines) is 1. The molecule has 0 atom stereocenters. The van der Waals surface area contributed by atoms with Gasteiger partial charge in [0.1, 0.15) is 0 Å². The van der Waals surface area contributed by atoms with Gasteiger partial charge in [0.15, 0.2) is 0 Å². The fourth-order valence-corrected chi connectivity index (χ4v) is 2.58. The normalized spacial score (nSPS) is 21.4. The summed E-state index contributed by atoms with van der Waals surface area (Å²) in [5.74, 6) is 1.35. The lowest BCUT2D eigenvalue weighted by Crippen LogP contribution is -2.45. The summed E-state index contributed by atoms with van der Waals surface area (Å²) in [5, 5.41) is 3.19. The monoisotopic (exact) mass is 282 g/mol. The van der Waals surface area contributed by atoms with Gasteiger partial charge >= 0.3 is 0 Å². The van der Waals surface area contributed by atoms with Crippen molar-refractivity contribution in [1.29, 1.82) is 0 Å². The molecule has 0 aromatic rings. The van der Waals surface area contributed by atoms with Gasteiger partial charge in [0.2, 0.25) is 5.91 Å². The van der Waals surface area contributed by atoms with Gasteiger partial charge in [-0.1, -0.05) is 13.8 Å². The number of hydrogen-bond donors (Lipinski definition) is 1. The summed E-state index contributed by atoms with van der Waals surface area (Å²) in [6, 6.07) is 0.404. The molecule has 0 aromatic carbocycles. The molecule has 1 aliphatic heterocycles. The summed E-state index contributed by atoms with van der Waals surface area (Å²) in [4.78, 5) is 14.2. The predicted molar refractivity (Wildman–Crippen MR) is 80.6 cm³/mol. The summed E-state index contributed by atoms with van der Waals surface area (Å²) in [6.07, 6.45) is 5.51. The van der Waals surface area contributed by atoms with Crippen LogP contribution in [-0.2, 0) is 9.53 Å². The molecule has 2 aliphatic rings. The smallest absolute Gasteiger partial charge is 0.223 e. The third-order valence-corrected chi connectivity index (χ3v) is 4.27. The van der Waals surface area contributed by atoms with Crippen molar-refractivity contribution in [2.75, 3.05) is 32.8 Å². The molecule has 1 saturated carbocycles. The van der Waals surface area contributed by atoms with Gasteiger partial charge in [0, 0.05) is 38.2 Å². The quantitative estimate of drug-likeness (QED) is 0.693. The number of amides is 1. The lowest BCUT2D eigenvalue weighted by atomic mass is 10.0. The van der Waals surface area contributed by atoms with Crippen LogP contribution in [0.2, 0.25) is 0 Å². The molecule has 1 amide bonds. The Morgan fingerprint density at radius 2 is 1.90 bits per heavy atom. The molecule has 1 N–H and O–H groups in total. The van der Waals surface area contributed by atoms with Gasteiger partial charge in [-0.3, -0.25) is 4.79 Å². The van der Waals surface area contributed by atoms with Crippen molar-refractivity contribution in [2.45, 2.75) is 52.0 Å². The first-order valence-electron chi connectivity index (χ1n) is 8.25. The molecule has 1 saturated heterocycles. The molecule has 4 heteroatoms. The van der Waals surface area contributed by atoms with E-state index in [2.05, 4.69) is 24.1 Å². The van der Waals surface area contributed by atoms with Crippen LogP contribution in [0.4, 0.5) is 0 Å². The van der Waals surface area contributed by atoms with Gasteiger partial charge in [-0.15, -0.1) is 0 Å². The summed E-state index contributed by atoms with van der Waals surface area (Å²) in [6.45, 7) is 9.37. The van der Waals surface area contributed by atoms with Crippen LogP contribution in [0.3, 0.4) is 0 Å². The van der Waals surface area contributed by atoms with E-state index in [1.165, 1.54) is 0 Å². The Bertz CT molecular complexity index is 295. The molecule has 0 bridgehead atoms. The van der Waals surface area contributed by atoms with Crippen LogP contribution >= 0.6 is 0 Å². The number of ether oxygens (including phenoxy) is 1. The maximum atomic E-state index is 11.7. The Morgan fingerprint density at radius 3 is 2.50 bits per heavy atom. The zero-order valence-corrected chi connectivity index (χ0v) is 13.1. The van der Waals surface area contributed by atoms with Crippen molar-refractivity contribution in [3.05, 3.63) is 0 Å². The Kier molecular flexibility index (Phi) is 6.30. The van der Waals surface area contributed by atoms with Crippen LogP contribution in [0.15, 0.2) is 0 Å². The van der Waals surface area contributed by atoms with E-state index in [1.54, 1.807) is 0 Å².